The van der Waals surface area contributed by atoms with Crippen molar-refractivity contribution in [2.45, 2.75) is 39.7 Å². The van der Waals surface area contributed by atoms with Gasteiger partial charge >= 0.3 is 0 Å². The van der Waals surface area contributed by atoms with E-state index in [4.69, 9.17) is 0 Å². The average Bonchev–Trinajstić information content (AvgIpc) is 2.93. The van der Waals surface area contributed by atoms with Gasteiger partial charge in [0.2, 0.25) is 0 Å². The highest BCUT2D eigenvalue weighted by molar-refractivity contribution is 7.12. The summed E-state index contributed by atoms with van der Waals surface area (Å²) in [5.74, 6) is 0. The van der Waals surface area contributed by atoms with Gasteiger partial charge in [0.25, 0.3) is 0 Å². The van der Waals surface area contributed by atoms with E-state index in [1.165, 1.54) is 20.9 Å². The van der Waals surface area contributed by atoms with Crippen LogP contribution >= 0.6 is 11.3 Å². The monoisotopic (exact) mass is 273 g/mol. The zero-order valence-corrected chi connectivity index (χ0v) is 12.9. The minimum atomic E-state index is 0.339. The molecule has 2 heteroatoms. The molecule has 1 N–H and O–H groups in total. The fourth-order valence-electron chi connectivity index (χ4n) is 2.45. The van der Waals surface area contributed by atoms with Crippen LogP contribution in [0.4, 0.5) is 0 Å². The molecule has 0 amide bonds. The number of nitrogens with one attached hydrogen (secondary N) is 1. The molecular formula is C17H23NS. The smallest absolute Gasteiger partial charge is 0.0673 e. The summed E-state index contributed by atoms with van der Waals surface area (Å²) in [6.45, 7) is 7.61. The highest BCUT2D eigenvalue weighted by Crippen LogP contribution is 2.30. The van der Waals surface area contributed by atoms with E-state index < -0.39 is 0 Å². The van der Waals surface area contributed by atoms with Gasteiger partial charge in [0.05, 0.1) is 6.04 Å². The summed E-state index contributed by atoms with van der Waals surface area (Å²) in [6, 6.07) is 13.7. The lowest BCUT2D eigenvalue weighted by Crippen LogP contribution is -2.22. The number of hydrogen-bond acceptors (Lipinski definition) is 2. The Morgan fingerprint density at radius 2 is 1.79 bits per heavy atom. The second-order valence-corrected chi connectivity index (χ2v) is 5.90. The molecule has 0 aliphatic rings. The number of thiophene rings is 1. The lowest BCUT2D eigenvalue weighted by molar-refractivity contribution is 0.634. The van der Waals surface area contributed by atoms with Crippen LogP contribution in [0.25, 0.3) is 0 Å². The van der Waals surface area contributed by atoms with Crippen molar-refractivity contribution < 1.29 is 0 Å². The second-order valence-electron chi connectivity index (χ2n) is 4.70. The topological polar surface area (TPSA) is 12.0 Å². The van der Waals surface area contributed by atoms with E-state index in [1.54, 1.807) is 0 Å². The lowest BCUT2D eigenvalue weighted by atomic mass is 9.97. The van der Waals surface area contributed by atoms with Gasteiger partial charge in [-0.15, -0.1) is 11.3 Å². The maximum absolute atomic E-state index is 3.64. The first kappa shape index (κ1) is 14.3. The molecule has 1 unspecified atom stereocenters. The van der Waals surface area contributed by atoms with Crippen LogP contribution in [0.3, 0.4) is 0 Å². The Morgan fingerprint density at radius 1 is 1.00 bits per heavy atom. The molecule has 2 aromatic rings. The first-order valence-corrected chi connectivity index (χ1v) is 8.01. The van der Waals surface area contributed by atoms with Gasteiger partial charge in [0.1, 0.15) is 0 Å². The van der Waals surface area contributed by atoms with Crippen molar-refractivity contribution in [2.24, 2.45) is 0 Å². The summed E-state index contributed by atoms with van der Waals surface area (Å²) in [5, 5.41) is 3.64. The van der Waals surface area contributed by atoms with Gasteiger partial charge in [-0.1, -0.05) is 45.0 Å². The van der Waals surface area contributed by atoms with Crippen LogP contribution in [0.15, 0.2) is 36.4 Å². The molecule has 0 saturated carbocycles. The molecule has 0 bridgehead atoms. The number of rotatable bonds is 6. The van der Waals surface area contributed by atoms with Crippen LogP contribution < -0.4 is 5.32 Å². The van der Waals surface area contributed by atoms with E-state index in [-0.39, 0.29) is 0 Å². The first-order chi connectivity index (χ1) is 9.30. The molecule has 0 fully saturated rings. The Labute approximate surface area is 120 Å². The molecule has 1 heterocycles. The van der Waals surface area contributed by atoms with Crippen LogP contribution in [0.2, 0.25) is 0 Å². The van der Waals surface area contributed by atoms with Crippen LogP contribution in [0, 0.1) is 0 Å². The summed E-state index contributed by atoms with van der Waals surface area (Å²) in [5.41, 5.74) is 2.87. The normalized spacial score (nSPS) is 12.6. The Morgan fingerprint density at radius 3 is 2.42 bits per heavy atom. The number of hydrogen-bond donors (Lipinski definition) is 1. The maximum atomic E-state index is 3.64. The van der Waals surface area contributed by atoms with Crippen molar-refractivity contribution in [3.63, 3.8) is 0 Å². The van der Waals surface area contributed by atoms with E-state index >= 15 is 0 Å². The molecule has 2 rings (SSSR count). The van der Waals surface area contributed by atoms with Crippen LogP contribution in [0.1, 0.15) is 47.7 Å². The van der Waals surface area contributed by atoms with Gasteiger partial charge in [0, 0.05) is 9.75 Å². The highest BCUT2D eigenvalue weighted by Gasteiger charge is 2.17. The lowest BCUT2D eigenvalue weighted by Gasteiger charge is -2.20. The fraction of sp³-hybridized carbons (Fsp3) is 0.412. The molecule has 1 nitrogen and oxygen atoms in total. The molecule has 102 valence electrons. The predicted octanol–water partition coefficient (Wildman–Crippen LogP) is 4.57. The van der Waals surface area contributed by atoms with Gasteiger partial charge in [0.15, 0.2) is 0 Å². The van der Waals surface area contributed by atoms with Crippen LogP contribution in [-0.2, 0) is 12.8 Å². The minimum absolute atomic E-state index is 0.339. The van der Waals surface area contributed by atoms with E-state index in [0.717, 1.165) is 19.4 Å². The van der Waals surface area contributed by atoms with Gasteiger partial charge < -0.3 is 5.32 Å². The molecule has 19 heavy (non-hydrogen) atoms. The van der Waals surface area contributed by atoms with E-state index in [9.17, 15) is 0 Å². The van der Waals surface area contributed by atoms with Crippen LogP contribution in [0.5, 0.6) is 0 Å². The summed E-state index contributed by atoms with van der Waals surface area (Å²) >= 11 is 1.93. The summed E-state index contributed by atoms with van der Waals surface area (Å²) < 4.78 is 0. The van der Waals surface area contributed by atoms with E-state index in [1.807, 2.05) is 11.3 Å². The standard InChI is InChI=1S/C17H23NS/c1-4-13-9-7-8-10-15(13)17(18-6-3)16-12-11-14(5-2)19-16/h7-12,17-18H,4-6H2,1-3H3. The number of aryl methyl sites for hydroxylation is 2. The van der Waals surface area contributed by atoms with Gasteiger partial charge in [-0.25, -0.2) is 0 Å². The quantitative estimate of drug-likeness (QED) is 0.813. The van der Waals surface area contributed by atoms with E-state index in [0.29, 0.717) is 6.04 Å². The molecular weight excluding hydrogens is 250 g/mol. The molecule has 1 aromatic heterocycles. The van der Waals surface area contributed by atoms with Crippen LogP contribution in [-0.4, -0.2) is 6.54 Å². The molecule has 1 atom stereocenters. The zero-order valence-electron chi connectivity index (χ0n) is 12.1. The highest BCUT2D eigenvalue weighted by atomic mass is 32.1. The SMILES string of the molecule is CCNC(c1ccc(CC)s1)c1ccccc1CC. The third-order valence-corrected chi connectivity index (χ3v) is 4.77. The Balaban J connectivity index is 2.38. The molecule has 1 aromatic carbocycles. The van der Waals surface area contributed by atoms with Crippen molar-refractivity contribution >= 4 is 11.3 Å². The average molecular weight is 273 g/mol. The number of benzene rings is 1. The fourth-order valence-corrected chi connectivity index (χ4v) is 3.49. The van der Waals surface area contributed by atoms with Gasteiger partial charge in [-0.2, -0.15) is 0 Å². The molecule has 0 aliphatic carbocycles. The Hall–Kier alpha value is -1.12. The first-order valence-electron chi connectivity index (χ1n) is 7.19. The summed E-state index contributed by atoms with van der Waals surface area (Å²) in [7, 11) is 0. The molecule has 0 spiro atoms. The summed E-state index contributed by atoms with van der Waals surface area (Å²) in [4.78, 5) is 2.89. The molecule has 0 radical (unpaired) electrons. The van der Waals surface area contributed by atoms with Crippen molar-refractivity contribution in [1.82, 2.24) is 5.32 Å². The van der Waals surface area contributed by atoms with Gasteiger partial charge in [-0.05, 0) is 42.6 Å². The second kappa shape index (κ2) is 6.88. The van der Waals surface area contributed by atoms with Crippen molar-refractivity contribution in [1.29, 1.82) is 0 Å². The third kappa shape index (κ3) is 3.26. The summed E-state index contributed by atoms with van der Waals surface area (Å²) in [6.07, 6.45) is 2.21. The third-order valence-electron chi connectivity index (χ3n) is 3.47. The Bertz CT molecular complexity index is 515. The maximum Gasteiger partial charge on any atom is 0.0673 e. The predicted molar refractivity (Wildman–Crippen MR) is 85.0 cm³/mol. The van der Waals surface area contributed by atoms with Crippen molar-refractivity contribution in [2.75, 3.05) is 6.54 Å². The van der Waals surface area contributed by atoms with Crippen molar-refractivity contribution in [3.05, 3.63) is 57.3 Å². The van der Waals surface area contributed by atoms with Gasteiger partial charge in [-0.3, -0.25) is 0 Å². The van der Waals surface area contributed by atoms with E-state index in [2.05, 4.69) is 62.5 Å². The largest absolute Gasteiger partial charge is 0.306 e. The minimum Gasteiger partial charge on any atom is -0.306 e. The molecule has 0 aliphatic heterocycles. The Kier molecular flexibility index (Phi) is 5.17. The zero-order chi connectivity index (χ0) is 13.7. The van der Waals surface area contributed by atoms with Crippen molar-refractivity contribution in [3.8, 4) is 0 Å². The molecule has 0 saturated heterocycles.